The number of hydrogen-bond donors (Lipinski definition) is 3. The van der Waals surface area contributed by atoms with Gasteiger partial charge >= 0.3 is 0 Å². The molecule has 43 heavy (non-hydrogen) atoms. The number of anilines is 2. The van der Waals surface area contributed by atoms with E-state index in [2.05, 4.69) is 16.0 Å². The molecule has 0 saturated heterocycles. The highest BCUT2D eigenvalue weighted by Gasteiger charge is 2.20. The predicted octanol–water partition coefficient (Wildman–Crippen LogP) is 7.92. The van der Waals surface area contributed by atoms with Crippen LogP contribution in [-0.4, -0.2) is 30.1 Å². The van der Waals surface area contributed by atoms with Crippen LogP contribution in [0, 0.1) is 0 Å². The number of amides is 3. The molecule has 1 unspecified atom stereocenters. The van der Waals surface area contributed by atoms with E-state index in [-0.39, 0.29) is 11.6 Å². The van der Waals surface area contributed by atoms with Crippen molar-refractivity contribution in [2.24, 2.45) is 0 Å². The molecule has 1 atom stereocenters. The van der Waals surface area contributed by atoms with Gasteiger partial charge in [-0.2, -0.15) is 0 Å². The molecule has 0 aliphatic rings. The molecule has 0 heterocycles. The number of thioether (sulfide) groups is 1. The second kappa shape index (κ2) is 15.3. The van der Waals surface area contributed by atoms with Crippen molar-refractivity contribution in [3.8, 4) is 5.75 Å². The van der Waals surface area contributed by atoms with Gasteiger partial charge in [-0.1, -0.05) is 66.5 Å². The Hall–Kier alpha value is -4.24. The monoisotopic (exact) mass is 633 g/mol. The van der Waals surface area contributed by atoms with Gasteiger partial charge < -0.3 is 20.7 Å². The van der Waals surface area contributed by atoms with E-state index < -0.39 is 17.1 Å². The van der Waals surface area contributed by atoms with E-state index in [1.807, 2.05) is 13.0 Å². The molecular weight excluding hydrogens is 605 g/mol. The second-order valence-corrected chi connectivity index (χ2v) is 11.4. The Labute approximate surface area is 264 Å². The number of hydrogen-bond acceptors (Lipinski definition) is 5. The third-order valence-electron chi connectivity index (χ3n) is 6.16. The standard InChI is InChI=1S/C33H29Cl2N3O4S/c1-3-30(33(41)37-25-16-17-29(42-2)27(35)20-25)43-26-11-7-10-24(19-26)36-32(40)28(18-21-12-14-23(34)15-13-21)38-31(39)22-8-5-4-6-9-22/h4-20,30H,3H2,1-2H3,(H,36,40)(H,37,41)(H,38,39)/b28-18-. The fraction of sp³-hybridized carbons (Fsp3) is 0.121. The van der Waals surface area contributed by atoms with Gasteiger partial charge in [-0.25, -0.2) is 0 Å². The maximum Gasteiger partial charge on any atom is 0.272 e. The molecule has 0 radical (unpaired) electrons. The van der Waals surface area contributed by atoms with E-state index in [0.717, 1.165) is 4.90 Å². The van der Waals surface area contributed by atoms with Crippen LogP contribution in [0.2, 0.25) is 10.0 Å². The molecule has 0 aliphatic carbocycles. The molecule has 0 saturated carbocycles. The van der Waals surface area contributed by atoms with Gasteiger partial charge in [0.15, 0.2) is 0 Å². The summed E-state index contributed by atoms with van der Waals surface area (Å²) in [6, 6.07) is 27.7. The van der Waals surface area contributed by atoms with E-state index in [0.29, 0.717) is 44.7 Å². The Morgan fingerprint density at radius 1 is 0.860 bits per heavy atom. The van der Waals surface area contributed by atoms with Gasteiger partial charge in [0.05, 0.1) is 17.4 Å². The van der Waals surface area contributed by atoms with Crippen LogP contribution in [0.5, 0.6) is 5.75 Å². The molecule has 10 heteroatoms. The summed E-state index contributed by atoms with van der Waals surface area (Å²) in [4.78, 5) is 40.1. The minimum atomic E-state index is -0.512. The lowest BCUT2D eigenvalue weighted by Crippen LogP contribution is -2.30. The van der Waals surface area contributed by atoms with Crippen molar-refractivity contribution in [1.82, 2.24) is 5.32 Å². The highest BCUT2D eigenvalue weighted by atomic mass is 35.5. The Morgan fingerprint density at radius 3 is 2.26 bits per heavy atom. The maximum absolute atomic E-state index is 13.4. The van der Waals surface area contributed by atoms with Crippen LogP contribution in [0.4, 0.5) is 11.4 Å². The topological polar surface area (TPSA) is 96.5 Å². The summed E-state index contributed by atoms with van der Waals surface area (Å²) in [6.07, 6.45) is 2.14. The third kappa shape index (κ3) is 9.12. The van der Waals surface area contributed by atoms with E-state index in [4.69, 9.17) is 27.9 Å². The minimum absolute atomic E-state index is 0.0539. The summed E-state index contributed by atoms with van der Waals surface area (Å²) in [5.41, 5.74) is 2.22. The van der Waals surface area contributed by atoms with Crippen molar-refractivity contribution in [3.63, 3.8) is 0 Å². The predicted molar refractivity (Wildman–Crippen MR) is 175 cm³/mol. The molecule has 3 amide bonds. The zero-order valence-corrected chi connectivity index (χ0v) is 25.7. The van der Waals surface area contributed by atoms with Gasteiger partial charge in [-0.3, -0.25) is 14.4 Å². The molecule has 3 N–H and O–H groups in total. The van der Waals surface area contributed by atoms with Crippen LogP contribution in [0.3, 0.4) is 0 Å². The fourth-order valence-electron chi connectivity index (χ4n) is 3.97. The van der Waals surface area contributed by atoms with Crippen LogP contribution in [-0.2, 0) is 9.59 Å². The first-order chi connectivity index (χ1) is 20.7. The Morgan fingerprint density at radius 2 is 1.58 bits per heavy atom. The lowest BCUT2D eigenvalue weighted by Gasteiger charge is -2.16. The summed E-state index contributed by atoms with van der Waals surface area (Å²) < 4.78 is 5.17. The summed E-state index contributed by atoms with van der Waals surface area (Å²) >= 11 is 13.6. The quantitative estimate of drug-likeness (QED) is 0.115. The van der Waals surface area contributed by atoms with E-state index in [1.165, 1.54) is 18.9 Å². The van der Waals surface area contributed by atoms with Gasteiger partial charge in [0.25, 0.3) is 11.8 Å². The fourth-order valence-corrected chi connectivity index (χ4v) is 5.36. The van der Waals surface area contributed by atoms with Crippen LogP contribution in [0.15, 0.2) is 108 Å². The van der Waals surface area contributed by atoms with Crippen molar-refractivity contribution in [3.05, 3.63) is 124 Å². The molecule has 0 bridgehead atoms. The maximum atomic E-state index is 13.4. The van der Waals surface area contributed by atoms with Crippen LogP contribution >= 0.6 is 35.0 Å². The SMILES string of the molecule is CCC(Sc1cccc(NC(=O)/C(=C/c2ccc(Cl)cc2)NC(=O)c2ccccc2)c1)C(=O)Nc1ccc(OC)c(Cl)c1. The summed E-state index contributed by atoms with van der Waals surface area (Å²) in [6.45, 7) is 1.92. The summed E-state index contributed by atoms with van der Waals surface area (Å²) in [5.74, 6) is -0.594. The van der Waals surface area contributed by atoms with Gasteiger partial charge in [-0.05, 0) is 78.7 Å². The Balaban J connectivity index is 1.48. The van der Waals surface area contributed by atoms with Crippen molar-refractivity contribution in [2.75, 3.05) is 17.7 Å². The first kappa shape index (κ1) is 31.7. The van der Waals surface area contributed by atoms with Gasteiger partial charge in [-0.15, -0.1) is 11.8 Å². The first-order valence-corrected chi connectivity index (χ1v) is 15.0. The van der Waals surface area contributed by atoms with Crippen molar-refractivity contribution >= 4 is 70.1 Å². The van der Waals surface area contributed by atoms with E-state index in [9.17, 15) is 14.4 Å². The molecular formula is C33H29Cl2N3O4S. The average Bonchev–Trinajstić information content (AvgIpc) is 3.01. The number of nitrogens with one attached hydrogen (secondary N) is 3. The Bertz CT molecular complexity index is 1630. The number of ether oxygens (including phenoxy) is 1. The molecule has 7 nitrogen and oxygen atoms in total. The zero-order valence-electron chi connectivity index (χ0n) is 23.4. The normalized spacial score (nSPS) is 11.8. The van der Waals surface area contributed by atoms with E-state index in [1.54, 1.807) is 97.1 Å². The van der Waals surface area contributed by atoms with Gasteiger partial charge in [0.1, 0.15) is 11.4 Å². The highest BCUT2D eigenvalue weighted by molar-refractivity contribution is 8.00. The number of methoxy groups -OCH3 is 1. The highest BCUT2D eigenvalue weighted by Crippen LogP contribution is 2.31. The zero-order chi connectivity index (χ0) is 30.8. The minimum Gasteiger partial charge on any atom is -0.495 e. The van der Waals surface area contributed by atoms with Crippen molar-refractivity contribution in [1.29, 1.82) is 0 Å². The van der Waals surface area contributed by atoms with Crippen LogP contribution in [0.25, 0.3) is 6.08 Å². The first-order valence-electron chi connectivity index (χ1n) is 13.3. The summed E-state index contributed by atoms with van der Waals surface area (Å²) in [5, 5.41) is 9.03. The molecule has 4 aromatic carbocycles. The largest absolute Gasteiger partial charge is 0.495 e. The van der Waals surface area contributed by atoms with Crippen LogP contribution in [0.1, 0.15) is 29.3 Å². The van der Waals surface area contributed by atoms with Crippen molar-refractivity contribution in [2.45, 2.75) is 23.5 Å². The molecule has 0 aromatic heterocycles. The number of rotatable bonds is 11. The third-order valence-corrected chi connectivity index (χ3v) is 8.07. The molecule has 4 rings (SSSR count). The summed E-state index contributed by atoms with van der Waals surface area (Å²) in [7, 11) is 1.53. The smallest absolute Gasteiger partial charge is 0.272 e. The van der Waals surface area contributed by atoms with Gasteiger partial charge in [0.2, 0.25) is 5.91 Å². The van der Waals surface area contributed by atoms with Gasteiger partial charge in [0, 0.05) is 26.9 Å². The van der Waals surface area contributed by atoms with Crippen LogP contribution < -0.4 is 20.7 Å². The molecule has 220 valence electrons. The second-order valence-electron chi connectivity index (χ2n) is 9.26. The number of carbonyl (C=O) groups excluding carboxylic acids is 3. The van der Waals surface area contributed by atoms with E-state index >= 15 is 0 Å². The number of benzene rings is 4. The average molecular weight is 635 g/mol. The number of halogens is 2. The molecule has 0 fully saturated rings. The lowest BCUT2D eigenvalue weighted by atomic mass is 10.1. The lowest BCUT2D eigenvalue weighted by molar-refractivity contribution is -0.116. The molecule has 0 spiro atoms. The van der Waals surface area contributed by atoms with Crippen molar-refractivity contribution < 1.29 is 19.1 Å². The number of carbonyl (C=O) groups is 3. The Kier molecular flexibility index (Phi) is 11.3. The molecule has 4 aromatic rings. The molecule has 0 aliphatic heterocycles.